The van der Waals surface area contributed by atoms with Crippen LogP contribution in [0.5, 0.6) is 0 Å². The van der Waals surface area contributed by atoms with Crippen molar-refractivity contribution in [3.8, 4) is 0 Å². The van der Waals surface area contributed by atoms with Gasteiger partial charge in [0.25, 0.3) is 11.5 Å². The van der Waals surface area contributed by atoms with E-state index in [-0.39, 0.29) is 11.5 Å². The van der Waals surface area contributed by atoms with E-state index in [1.165, 1.54) is 22.9 Å². The van der Waals surface area contributed by atoms with Crippen molar-refractivity contribution in [3.63, 3.8) is 0 Å². The second kappa shape index (κ2) is 7.29. The number of nitrogens with zero attached hydrogens (tertiary/aromatic N) is 6. The van der Waals surface area contributed by atoms with Gasteiger partial charge < -0.3 is 4.90 Å². The third kappa shape index (κ3) is 3.43. The van der Waals surface area contributed by atoms with Gasteiger partial charge in [0.15, 0.2) is 4.96 Å². The second-order valence-corrected chi connectivity index (χ2v) is 8.68. The molecule has 8 nitrogen and oxygen atoms in total. The molecular weight excluding hydrogens is 408 g/mol. The van der Waals surface area contributed by atoms with Gasteiger partial charge in [0.2, 0.25) is 0 Å². The van der Waals surface area contributed by atoms with Gasteiger partial charge in [0.1, 0.15) is 4.83 Å². The van der Waals surface area contributed by atoms with Crippen LogP contribution in [0.1, 0.15) is 21.7 Å². The number of thiazole rings is 1. The van der Waals surface area contributed by atoms with E-state index in [1.54, 1.807) is 22.9 Å². The molecule has 1 amide bonds. The van der Waals surface area contributed by atoms with Crippen LogP contribution in [0.25, 0.3) is 15.2 Å². The minimum atomic E-state index is -0.0545. The third-order valence-electron chi connectivity index (χ3n) is 5.16. The number of amides is 1. The topological polar surface area (TPSA) is 83.7 Å². The zero-order valence-corrected chi connectivity index (χ0v) is 17.4. The second-order valence-electron chi connectivity index (χ2n) is 7.05. The number of hydrogen-bond donors (Lipinski definition) is 0. The summed E-state index contributed by atoms with van der Waals surface area (Å²) in [5.74, 6) is 0.000949. The summed E-state index contributed by atoms with van der Waals surface area (Å²) in [6, 6.07) is 3.48. The van der Waals surface area contributed by atoms with Crippen molar-refractivity contribution in [3.05, 3.63) is 57.2 Å². The van der Waals surface area contributed by atoms with Crippen LogP contribution in [0.3, 0.4) is 0 Å². The first-order valence-corrected chi connectivity index (χ1v) is 10.9. The summed E-state index contributed by atoms with van der Waals surface area (Å²) in [6.45, 7) is 5.30. The van der Waals surface area contributed by atoms with Crippen molar-refractivity contribution >= 4 is 44.0 Å². The molecule has 4 aromatic heterocycles. The van der Waals surface area contributed by atoms with Gasteiger partial charge >= 0.3 is 0 Å². The Bertz CT molecular complexity index is 1270. The smallest absolute Gasteiger partial charge is 0.258 e. The fourth-order valence-electron chi connectivity index (χ4n) is 3.55. The average Bonchev–Trinajstić information content (AvgIpc) is 3.35. The molecule has 0 saturated carbocycles. The van der Waals surface area contributed by atoms with Gasteiger partial charge in [-0.15, -0.1) is 11.3 Å². The Morgan fingerprint density at radius 1 is 1.21 bits per heavy atom. The molecule has 0 radical (unpaired) electrons. The number of pyridine rings is 1. The molecule has 5 rings (SSSR count). The van der Waals surface area contributed by atoms with E-state index in [9.17, 15) is 9.59 Å². The monoisotopic (exact) mass is 426 g/mol. The number of rotatable bonds is 3. The molecule has 1 aliphatic heterocycles. The SMILES string of the molecule is Cc1nsc2ncc(C(=O)N3CCN(Cc4cc(=O)n5ccsc5n4)CC3)cc12. The van der Waals surface area contributed by atoms with Gasteiger partial charge in [-0.25, -0.2) is 9.97 Å². The molecule has 1 fully saturated rings. The number of piperazine rings is 1. The minimum absolute atomic E-state index is 0.000949. The average molecular weight is 427 g/mol. The lowest BCUT2D eigenvalue weighted by Crippen LogP contribution is -2.48. The van der Waals surface area contributed by atoms with Crippen molar-refractivity contribution in [1.29, 1.82) is 0 Å². The predicted molar refractivity (Wildman–Crippen MR) is 113 cm³/mol. The molecule has 4 aromatic rings. The fraction of sp³-hybridized carbons (Fsp3) is 0.316. The molecule has 0 spiro atoms. The summed E-state index contributed by atoms with van der Waals surface area (Å²) < 4.78 is 5.85. The van der Waals surface area contributed by atoms with Crippen molar-refractivity contribution in [2.24, 2.45) is 0 Å². The summed E-state index contributed by atoms with van der Waals surface area (Å²) in [5.41, 5.74) is 2.23. The molecule has 148 valence electrons. The number of hydrogen-bond acceptors (Lipinski definition) is 8. The molecule has 0 N–H and O–H groups in total. The van der Waals surface area contributed by atoms with Crippen LogP contribution in [0.15, 0.2) is 34.7 Å². The van der Waals surface area contributed by atoms with Crippen LogP contribution in [0, 0.1) is 6.92 Å². The van der Waals surface area contributed by atoms with Crippen LogP contribution in [0.4, 0.5) is 0 Å². The molecule has 0 atom stereocenters. The number of aryl methyl sites for hydroxylation is 1. The van der Waals surface area contributed by atoms with Gasteiger partial charge in [-0.1, -0.05) is 0 Å². The highest BCUT2D eigenvalue weighted by Crippen LogP contribution is 2.22. The van der Waals surface area contributed by atoms with Crippen molar-refractivity contribution in [1.82, 2.24) is 28.5 Å². The fourth-order valence-corrected chi connectivity index (χ4v) is 5.02. The van der Waals surface area contributed by atoms with E-state index in [4.69, 9.17) is 0 Å². The normalized spacial score (nSPS) is 15.4. The van der Waals surface area contributed by atoms with Crippen molar-refractivity contribution in [2.45, 2.75) is 13.5 Å². The number of carbonyl (C=O) groups excluding carboxylic acids is 1. The van der Waals surface area contributed by atoms with Crippen LogP contribution >= 0.6 is 22.9 Å². The Morgan fingerprint density at radius 3 is 2.86 bits per heavy atom. The highest BCUT2D eigenvalue weighted by Gasteiger charge is 2.23. The van der Waals surface area contributed by atoms with Gasteiger partial charge in [-0.05, 0) is 24.5 Å². The molecular formula is C19H18N6O2S2. The molecule has 0 unspecified atom stereocenters. The lowest BCUT2D eigenvalue weighted by Gasteiger charge is -2.34. The van der Waals surface area contributed by atoms with E-state index in [1.807, 2.05) is 23.3 Å². The quantitative estimate of drug-likeness (QED) is 0.498. The first kappa shape index (κ1) is 18.3. The largest absolute Gasteiger partial charge is 0.336 e. The maximum Gasteiger partial charge on any atom is 0.258 e. The molecule has 29 heavy (non-hydrogen) atoms. The Labute approximate surface area is 174 Å². The van der Waals surface area contributed by atoms with E-state index in [0.29, 0.717) is 30.2 Å². The maximum absolute atomic E-state index is 12.9. The van der Waals surface area contributed by atoms with Gasteiger partial charge in [0.05, 0.1) is 17.0 Å². The van der Waals surface area contributed by atoms with Gasteiger partial charge in [-0.2, -0.15) is 4.37 Å². The number of fused-ring (bicyclic) bond motifs is 2. The first-order chi connectivity index (χ1) is 14.1. The molecule has 5 heterocycles. The summed E-state index contributed by atoms with van der Waals surface area (Å²) in [6.07, 6.45) is 3.38. The summed E-state index contributed by atoms with van der Waals surface area (Å²) in [7, 11) is 0. The highest BCUT2D eigenvalue weighted by atomic mass is 32.1. The van der Waals surface area contributed by atoms with Crippen LogP contribution in [0.2, 0.25) is 0 Å². The standard InChI is InChI=1S/C19H18N6O2S2/c1-12-15-8-13(10-20-17(15)29-22-12)18(27)24-4-2-23(3-5-24)11-14-9-16(26)25-6-7-28-19(25)21-14/h6-10H,2-5,11H2,1H3. The van der Waals surface area contributed by atoms with Gasteiger partial charge in [-0.3, -0.25) is 18.9 Å². The third-order valence-corrected chi connectivity index (χ3v) is 6.78. The zero-order valence-electron chi connectivity index (χ0n) is 15.7. The van der Waals surface area contributed by atoms with Gasteiger partial charge in [0, 0.05) is 62.0 Å². The van der Waals surface area contributed by atoms with Crippen molar-refractivity contribution < 1.29 is 4.79 Å². The van der Waals surface area contributed by atoms with Crippen molar-refractivity contribution in [2.75, 3.05) is 26.2 Å². The summed E-state index contributed by atoms with van der Waals surface area (Å²) >= 11 is 2.80. The zero-order chi connectivity index (χ0) is 20.0. The lowest BCUT2D eigenvalue weighted by atomic mass is 10.1. The molecule has 0 bridgehead atoms. The van der Waals surface area contributed by atoms with E-state index in [0.717, 1.165) is 34.7 Å². The van der Waals surface area contributed by atoms with E-state index < -0.39 is 0 Å². The Balaban J connectivity index is 1.26. The predicted octanol–water partition coefficient (Wildman–Crippen LogP) is 2.03. The van der Waals surface area contributed by atoms with Crippen LogP contribution < -0.4 is 5.56 Å². The van der Waals surface area contributed by atoms with E-state index >= 15 is 0 Å². The number of aromatic nitrogens is 4. The maximum atomic E-state index is 12.9. The lowest BCUT2D eigenvalue weighted by molar-refractivity contribution is 0.0627. The first-order valence-electron chi connectivity index (χ1n) is 9.28. The Morgan fingerprint density at radius 2 is 2.03 bits per heavy atom. The highest BCUT2D eigenvalue weighted by molar-refractivity contribution is 7.15. The van der Waals surface area contributed by atoms with Crippen LogP contribution in [-0.2, 0) is 6.54 Å². The number of carbonyl (C=O) groups is 1. The Hall–Kier alpha value is -2.69. The van der Waals surface area contributed by atoms with Crippen LogP contribution in [-0.4, -0.2) is 60.6 Å². The van der Waals surface area contributed by atoms with E-state index in [2.05, 4.69) is 19.2 Å². The summed E-state index contributed by atoms with van der Waals surface area (Å²) in [4.78, 5) is 39.6. The Kier molecular flexibility index (Phi) is 4.61. The minimum Gasteiger partial charge on any atom is -0.336 e. The molecule has 0 aliphatic carbocycles. The molecule has 1 saturated heterocycles. The molecule has 10 heteroatoms. The molecule has 0 aromatic carbocycles. The summed E-state index contributed by atoms with van der Waals surface area (Å²) in [5, 5.41) is 2.80. The molecule has 1 aliphatic rings.